The largest absolute Gasteiger partial charge is 0.393 e. The summed E-state index contributed by atoms with van der Waals surface area (Å²) in [6.45, 7) is 10.0. The lowest BCUT2D eigenvalue weighted by atomic mass is 10.1. The number of aliphatic hydroxyl groups is 1. The Balaban J connectivity index is 2.39. The van der Waals surface area contributed by atoms with Gasteiger partial charge in [-0.15, -0.1) is 0 Å². The van der Waals surface area contributed by atoms with Crippen LogP contribution >= 0.6 is 0 Å². The van der Waals surface area contributed by atoms with E-state index in [1.807, 2.05) is 6.92 Å². The van der Waals surface area contributed by atoms with E-state index in [0.29, 0.717) is 12.0 Å². The summed E-state index contributed by atoms with van der Waals surface area (Å²) >= 11 is 0. The first kappa shape index (κ1) is 12.0. The number of hydrogen-bond acceptors (Lipinski definition) is 3. The van der Waals surface area contributed by atoms with Crippen molar-refractivity contribution in [1.29, 1.82) is 0 Å². The van der Waals surface area contributed by atoms with Gasteiger partial charge in [0.1, 0.15) is 0 Å². The van der Waals surface area contributed by atoms with Crippen molar-refractivity contribution in [2.75, 3.05) is 26.3 Å². The van der Waals surface area contributed by atoms with Crippen LogP contribution in [0.5, 0.6) is 0 Å². The second-order valence-corrected chi connectivity index (χ2v) is 4.61. The summed E-state index contributed by atoms with van der Waals surface area (Å²) < 4.78 is 5.49. The third kappa shape index (κ3) is 3.95. The van der Waals surface area contributed by atoms with Gasteiger partial charge in [0.25, 0.3) is 0 Å². The third-order valence-electron chi connectivity index (χ3n) is 2.78. The first-order chi connectivity index (χ1) is 6.59. The van der Waals surface area contributed by atoms with Crippen molar-refractivity contribution >= 4 is 0 Å². The molecule has 0 aromatic heterocycles. The lowest BCUT2D eigenvalue weighted by molar-refractivity contribution is 0.107. The summed E-state index contributed by atoms with van der Waals surface area (Å²) in [7, 11) is 0. The van der Waals surface area contributed by atoms with Crippen molar-refractivity contribution in [2.45, 2.75) is 39.3 Å². The average Bonchev–Trinajstić information content (AvgIpc) is 2.28. The van der Waals surface area contributed by atoms with Crippen LogP contribution in [0.2, 0.25) is 0 Å². The van der Waals surface area contributed by atoms with Crippen LogP contribution in [0.1, 0.15) is 27.2 Å². The highest BCUT2D eigenvalue weighted by Gasteiger charge is 2.20. The van der Waals surface area contributed by atoms with Gasteiger partial charge in [0.2, 0.25) is 0 Å². The summed E-state index contributed by atoms with van der Waals surface area (Å²) in [5.41, 5.74) is 0. The van der Waals surface area contributed by atoms with Gasteiger partial charge in [-0.05, 0) is 26.2 Å². The summed E-state index contributed by atoms with van der Waals surface area (Å²) in [4.78, 5) is 2.42. The first-order valence-corrected chi connectivity index (χ1v) is 5.59. The van der Waals surface area contributed by atoms with E-state index in [1.165, 1.54) is 0 Å². The lowest BCUT2D eigenvalue weighted by Crippen LogP contribution is -2.38. The Kier molecular flexibility index (Phi) is 4.85. The minimum Gasteiger partial charge on any atom is -0.393 e. The molecule has 0 radical (unpaired) electrons. The minimum atomic E-state index is -0.204. The van der Waals surface area contributed by atoms with E-state index >= 15 is 0 Å². The van der Waals surface area contributed by atoms with Crippen LogP contribution in [0.4, 0.5) is 0 Å². The molecule has 3 atom stereocenters. The highest BCUT2D eigenvalue weighted by Crippen LogP contribution is 2.12. The van der Waals surface area contributed by atoms with Crippen molar-refractivity contribution < 1.29 is 9.84 Å². The molecule has 3 unspecified atom stereocenters. The molecule has 14 heavy (non-hydrogen) atoms. The van der Waals surface area contributed by atoms with Gasteiger partial charge in [0.05, 0.1) is 19.3 Å². The first-order valence-electron chi connectivity index (χ1n) is 5.59. The summed E-state index contributed by atoms with van der Waals surface area (Å²) in [5.74, 6) is 0.606. The second kappa shape index (κ2) is 5.69. The Hall–Kier alpha value is -0.120. The standard InChI is InChI=1S/C11H23NO2/c1-9-7-12(4-5-14-8-9)10(2)6-11(3)13/h9-11,13H,4-8H2,1-3H3. The monoisotopic (exact) mass is 201 g/mol. The van der Waals surface area contributed by atoms with Crippen LogP contribution < -0.4 is 0 Å². The molecular weight excluding hydrogens is 178 g/mol. The van der Waals surface area contributed by atoms with Crippen molar-refractivity contribution in [3.05, 3.63) is 0 Å². The maximum absolute atomic E-state index is 9.33. The van der Waals surface area contributed by atoms with E-state index in [9.17, 15) is 5.11 Å². The molecular formula is C11H23NO2. The molecule has 0 bridgehead atoms. The van der Waals surface area contributed by atoms with Gasteiger partial charge in [0, 0.05) is 19.1 Å². The van der Waals surface area contributed by atoms with Gasteiger partial charge in [-0.2, -0.15) is 0 Å². The van der Waals surface area contributed by atoms with E-state index in [4.69, 9.17) is 4.74 Å². The molecule has 0 amide bonds. The smallest absolute Gasteiger partial charge is 0.0593 e. The molecule has 0 aromatic rings. The van der Waals surface area contributed by atoms with E-state index in [-0.39, 0.29) is 6.10 Å². The fourth-order valence-electron chi connectivity index (χ4n) is 2.05. The Morgan fingerprint density at radius 3 is 2.86 bits per heavy atom. The van der Waals surface area contributed by atoms with E-state index in [1.54, 1.807) is 0 Å². The molecule has 1 fully saturated rings. The van der Waals surface area contributed by atoms with Crippen molar-refractivity contribution in [3.63, 3.8) is 0 Å². The predicted octanol–water partition coefficient (Wildman–Crippen LogP) is 1.11. The van der Waals surface area contributed by atoms with Crippen LogP contribution in [0.3, 0.4) is 0 Å². The molecule has 84 valence electrons. The topological polar surface area (TPSA) is 32.7 Å². The van der Waals surface area contributed by atoms with Crippen molar-refractivity contribution in [2.24, 2.45) is 5.92 Å². The van der Waals surface area contributed by atoms with Gasteiger partial charge < -0.3 is 9.84 Å². The molecule has 0 spiro atoms. The van der Waals surface area contributed by atoms with Crippen LogP contribution in [-0.2, 0) is 4.74 Å². The molecule has 0 aromatic carbocycles. The summed E-state index contributed by atoms with van der Waals surface area (Å²) in [5, 5.41) is 9.33. The number of hydrogen-bond donors (Lipinski definition) is 1. The molecule has 1 aliphatic rings. The van der Waals surface area contributed by atoms with Gasteiger partial charge in [0.15, 0.2) is 0 Å². The Labute approximate surface area is 87.1 Å². The van der Waals surface area contributed by atoms with Crippen LogP contribution in [-0.4, -0.2) is 48.5 Å². The molecule has 1 N–H and O–H groups in total. The number of aliphatic hydroxyl groups excluding tert-OH is 1. The highest BCUT2D eigenvalue weighted by molar-refractivity contribution is 4.73. The molecule has 0 saturated carbocycles. The Bertz CT molecular complexity index is 161. The molecule has 1 saturated heterocycles. The lowest BCUT2D eigenvalue weighted by Gasteiger charge is -2.29. The maximum atomic E-state index is 9.33. The fourth-order valence-corrected chi connectivity index (χ4v) is 2.05. The molecule has 3 nitrogen and oxygen atoms in total. The number of rotatable bonds is 3. The molecule has 3 heteroatoms. The van der Waals surface area contributed by atoms with E-state index < -0.39 is 0 Å². The molecule has 1 aliphatic heterocycles. The Morgan fingerprint density at radius 1 is 1.50 bits per heavy atom. The summed E-state index contributed by atoms with van der Waals surface area (Å²) in [6, 6.07) is 0.458. The SMILES string of the molecule is CC(O)CC(C)N1CCOCC(C)C1. The number of nitrogens with zero attached hydrogens (tertiary/aromatic N) is 1. The maximum Gasteiger partial charge on any atom is 0.0593 e. The third-order valence-corrected chi connectivity index (χ3v) is 2.78. The van der Waals surface area contributed by atoms with E-state index in [2.05, 4.69) is 18.7 Å². The molecule has 0 aliphatic carbocycles. The summed E-state index contributed by atoms with van der Waals surface area (Å²) in [6.07, 6.45) is 0.650. The highest BCUT2D eigenvalue weighted by atomic mass is 16.5. The van der Waals surface area contributed by atoms with E-state index in [0.717, 1.165) is 32.7 Å². The normalized spacial score (nSPS) is 29.6. The van der Waals surface area contributed by atoms with Gasteiger partial charge in [-0.25, -0.2) is 0 Å². The Morgan fingerprint density at radius 2 is 2.21 bits per heavy atom. The zero-order valence-corrected chi connectivity index (χ0v) is 9.57. The zero-order chi connectivity index (χ0) is 10.6. The van der Waals surface area contributed by atoms with Gasteiger partial charge in [-0.3, -0.25) is 4.90 Å². The van der Waals surface area contributed by atoms with Crippen LogP contribution in [0, 0.1) is 5.92 Å². The van der Waals surface area contributed by atoms with Crippen molar-refractivity contribution in [3.8, 4) is 0 Å². The van der Waals surface area contributed by atoms with Crippen LogP contribution in [0.25, 0.3) is 0 Å². The van der Waals surface area contributed by atoms with Gasteiger partial charge in [-0.1, -0.05) is 6.92 Å². The van der Waals surface area contributed by atoms with Crippen LogP contribution in [0.15, 0.2) is 0 Å². The molecule has 1 heterocycles. The van der Waals surface area contributed by atoms with Gasteiger partial charge >= 0.3 is 0 Å². The zero-order valence-electron chi connectivity index (χ0n) is 9.57. The number of ether oxygens (including phenoxy) is 1. The fraction of sp³-hybridized carbons (Fsp3) is 1.00. The van der Waals surface area contributed by atoms with Crippen molar-refractivity contribution in [1.82, 2.24) is 4.90 Å². The second-order valence-electron chi connectivity index (χ2n) is 4.61. The minimum absolute atomic E-state index is 0.204. The average molecular weight is 201 g/mol. The molecule has 1 rings (SSSR count). The predicted molar refractivity (Wildman–Crippen MR) is 57.3 cm³/mol. The quantitative estimate of drug-likeness (QED) is 0.742.